The standard InChI is InChI=1S/C19H19N/c1-20(2)19-11-8-15(9-12-19)13-16-7-10-17-5-3-4-6-18(17)14-16/h3-12,14H,13H2,1-2H3. The highest BCUT2D eigenvalue weighted by molar-refractivity contribution is 5.83. The minimum Gasteiger partial charge on any atom is -0.378 e. The molecule has 0 bridgehead atoms. The lowest BCUT2D eigenvalue weighted by atomic mass is 10.0. The average Bonchev–Trinajstić information content (AvgIpc) is 2.48. The van der Waals surface area contributed by atoms with E-state index in [0.717, 1.165) is 6.42 Å². The van der Waals surface area contributed by atoms with Crippen molar-refractivity contribution < 1.29 is 0 Å². The van der Waals surface area contributed by atoms with Crippen LogP contribution in [-0.4, -0.2) is 14.1 Å². The zero-order valence-corrected chi connectivity index (χ0v) is 12.0. The number of hydrogen-bond acceptors (Lipinski definition) is 1. The molecule has 3 aromatic rings. The van der Waals surface area contributed by atoms with Gasteiger partial charge in [0.25, 0.3) is 0 Å². The van der Waals surface area contributed by atoms with Crippen LogP contribution in [0.15, 0.2) is 66.7 Å². The first-order valence-electron chi connectivity index (χ1n) is 6.96. The fourth-order valence-electron chi connectivity index (χ4n) is 2.50. The van der Waals surface area contributed by atoms with Crippen molar-refractivity contribution in [2.45, 2.75) is 6.42 Å². The van der Waals surface area contributed by atoms with Crippen LogP contribution >= 0.6 is 0 Å². The van der Waals surface area contributed by atoms with Crippen LogP contribution in [0.3, 0.4) is 0 Å². The molecule has 0 heterocycles. The average molecular weight is 261 g/mol. The highest BCUT2D eigenvalue weighted by Gasteiger charge is 2.00. The second-order valence-corrected chi connectivity index (χ2v) is 5.42. The monoisotopic (exact) mass is 261 g/mol. The second-order valence-electron chi connectivity index (χ2n) is 5.42. The molecule has 0 radical (unpaired) electrons. The topological polar surface area (TPSA) is 3.24 Å². The van der Waals surface area contributed by atoms with Crippen molar-refractivity contribution in [1.29, 1.82) is 0 Å². The summed E-state index contributed by atoms with van der Waals surface area (Å²) in [5, 5.41) is 2.62. The Morgan fingerprint density at radius 3 is 2.05 bits per heavy atom. The van der Waals surface area contributed by atoms with Crippen molar-refractivity contribution in [3.05, 3.63) is 77.9 Å². The lowest BCUT2D eigenvalue weighted by molar-refractivity contribution is 1.12. The van der Waals surface area contributed by atoms with E-state index in [1.54, 1.807) is 0 Å². The molecule has 0 aliphatic heterocycles. The molecule has 0 saturated heterocycles. The summed E-state index contributed by atoms with van der Waals surface area (Å²) in [6.07, 6.45) is 0.985. The first-order chi connectivity index (χ1) is 9.72. The number of fused-ring (bicyclic) bond motifs is 1. The molecule has 0 amide bonds. The maximum absolute atomic E-state index is 2.29. The normalized spacial score (nSPS) is 10.7. The molecular formula is C19H19N. The third-order valence-electron chi connectivity index (χ3n) is 3.67. The minimum absolute atomic E-state index is 0.985. The Morgan fingerprint density at radius 2 is 1.35 bits per heavy atom. The van der Waals surface area contributed by atoms with Crippen molar-refractivity contribution in [3.8, 4) is 0 Å². The molecular weight excluding hydrogens is 242 g/mol. The van der Waals surface area contributed by atoms with Gasteiger partial charge in [-0.15, -0.1) is 0 Å². The highest BCUT2D eigenvalue weighted by Crippen LogP contribution is 2.19. The first-order valence-corrected chi connectivity index (χ1v) is 6.96. The summed E-state index contributed by atoms with van der Waals surface area (Å²) in [4.78, 5) is 2.12. The predicted octanol–water partition coefficient (Wildman–Crippen LogP) is 4.50. The van der Waals surface area contributed by atoms with Gasteiger partial charge in [-0.1, -0.05) is 54.6 Å². The van der Waals surface area contributed by atoms with Crippen LogP contribution in [0.2, 0.25) is 0 Å². The van der Waals surface area contributed by atoms with Crippen molar-refractivity contribution in [1.82, 2.24) is 0 Å². The Morgan fingerprint density at radius 1 is 0.700 bits per heavy atom. The molecule has 1 heteroatoms. The molecule has 0 N–H and O–H groups in total. The van der Waals surface area contributed by atoms with E-state index < -0.39 is 0 Å². The first kappa shape index (κ1) is 12.7. The minimum atomic E-state index is 0.985. The van der Waals surface area contributed by atoms with E-state index in [2.05, 4.69) is 85.7 Å². The van der Waals surface area contributed by atoms with E-state index in [9.17, 15) is 0 Å². The fraction of sp³-hybridized carbons (Fsp3) is 0.158. The number of anilines is 1. The zero-order valence-electron chi connectivity index (χ0n) is 12.0. The maximum Gasteiger partial charge on any atom is 0.0361 e. The summed E-state index contributed by atoms with van der Waals surface area (Å²) in [5.74, 6) is 0. The summed E-state index contributed by atoms with van der Waals surface area (Å²) >= 11 is 0. The van der Waals surface area contributed by atoms with Gasteiger partial charge in [-0.2, -0.15) is 0 Å². The molecule has 0 fully saturated rings. The van der Waals surface area contributed by atoms with Crippen molar-refractivity contribution in [3.63, 3.8) is 0 Å². The Labute approximate surface area is 120 Å². The number of hydrogen-bond donors (Lipinski definition) is 0. The Hall–Kier alpha value is -2.28. The third kappa shape index (κ3) is 2.67. The lowest BCUT2D eigenvalue weighted by Gasteiger charge is -2.12. The van der Waals surface area contributed by atoms with Crippen molar-refractivity contribution >= 4 is 16.5 Å². The maximum atomic E-state index is 2.29. The molecule has 0 unspecified atom stereocenters. The molecule has 20 heavy (non-hydrogen) atoms. The molecule has 3 aromatic carbocycles. The predicted molar refractivity (Wildman–Crippen MR) is 87.5 cm³/mol. The SMILES string of the molecule is CN(C)c1ccc(Cc2ccc3ccccc3c2)cc1. The van der Waals surface area contributed by atoms with E-state index in [1.165, 1.54) is 27.6 Å². The number of benzene rings is 3. The van der Waals surface area contributed by atoms with Gasteiger partial charge in [0.2, 0.25) is 0 Å². The van der Waals surface area contributed by atoms with Gasteiger partial charge in [0, 0.05) is 19.8 Å². The van der Waals surface area contributed by atoms with Crippen LogP contribution in [0.5, 0.6) is 0 Å². The summed E-state index contributed by atoms with van der Waals surface area (Å²) in [6, 6.07) is 24.0. The van der Waals surface area contributed by atoms with Crippen molar-refractivity contribution in [2.24, 2.45) is 0 Å². The molecule has 1 nitrogen and oxygen atoms in total. The largest absolute Gasteiger partial charge is 0.378 e. The van der Waals surface area contributed by atoms with Gasteiger partial charge in [0.1, 0.15) is 0 Å². The highest BCUT2D eigenvalue weighted by atomic mass is 15.1. The van der Waals surface area contributed by atoms with Crippen LogP contribution in [0.25, 0.3) is 10.8 Å². The van der Waals surface area contributed by atoms with Gasteiger partial charge in [0.15, 0.2) is 0 Å². The van der Waals surface area contributed by atoms with Crippen LogP contribution in [0.4, 0.5) is 5.69 Å². The molecule has 0 spiro atoms. The summed E-state index contributed by atoms with van der Waals surface area (Å²) in [5.41, 5.74) is 3.96. The number of rotatable bonds is 3. The van der Waals surface area contributed by atoms with Gasteiger partial charge in [-0.25, -0.2) is 0 Å². The fourth-order valence-corrected chi connectivity index (χ4v) is 2.50. The van der Waals surface area contributed by atoms with E-state index in [4.69, 9.17) is 0 Å². The summed E-state index contributed by atoms with van der Waals surface area (Å²) in [7, 11) is 4.14. The third-order valence-corrected chi connectivity index (χ3v) is 3.67. The van der Waals surface area contributed by atoms with Crippen LogP contribution in [-0.2, 0) is 6.42 Å². The molecule has 0 atom stereocenters. The molecule has 0 aliphatic carbocycles. The van der Waals surface area contributed by atoms with E-state index >= 15 is 0 Å². The van der Waals surface area contributed by atoms with Gasteiger partial charge >= 0.3 is 0 Å². The van der Waals surface area contributed by atoms with Gasteiger partial charge in [-0.05, 0) is 40.5 Å². The van der Waals surface area contributed by atoms with E-state index in [0.29, 0.717) is 0 Å². The second kappa shape index (κ2) is 5.38. The van der Waals surface area contributed by atoms with Crippen molar-refractivity contribution in [2.75, 3.05) is 19.0 Å². The number of nitrogens with zero attached hydrogens (tertiary/aromatic N) is 1. The molecule has 0 saturated carbocycles. The van der Waals surface area contributed by atoms with E-state index in [-0.39, 0.29) is 0 Å². The Kier molecular flexibility index (Phi) is 3.42. The zero-order chi connectivity index (χ0) is 13.9. The molecule has 3 rings (SSSR count). The van der Waals surface area contributed by atoms with Gasteiger partial charge in [-0.3, -0.25) is 0 Å². The molecule has 0 aromatic heterocycles. The Balaban J connectivity index is 1.85. The van der Waals surface area contributed by atoms with Gasteiger partial charge in [0.05, 0.1) is 0 Å². The Bertz CT molecular complexity index is 711. The summed E-state index contributed by atoms with van der Waals surface area (Å²) in [6.45, 7) is 0. The smallest absolute Gasteiger partial charge is 0.0361 e. The van der Waals surface area contributed by atoms with Crippen LogP contribution in [0.1, 0.15) is 11.1 Å². The quantitative estimate of drug-likeness (QED) is 0.671. The van der Waals surface area contributed by atoms with Gasteiger partial charge < -0.3 is 4.90 Å². The molecule has 100 valence electrons. The molecule has 0 aliphatic rings. The van der Waals surface area contributed by atoms with Crippen LogP contribution < -0.4 is 4.90 Å². The van der Waals surface area contributed by atoms with Crippen LogP contribution in [0, 0.1) is 0 Å². The summed E-state index contributed by atoms with van der Waals surface area (Å²) < 4.78 is 0. The lowest BCUT2D eigenvalue weighted by Crippen LogP contribution is -2.08. The van der Waals surface area contributed by atoms with E-state index in [1.807, 2.05) is 0 Å².